The molecule has 7 heteroatoms. The van der Waals surface area contributed by atoms with Crippen molar-refractivity contribution >= 4 is 28.7 Å². The highest BCUT2D eigenvalue weighted by molar-refractivity contribution is 7.97. The first-order valence-corrected chi connectivity index (χ1v) is 10.7. The molecule has 156 valence electrons. The van der Waals surface area contributed by atoms with Crippen molar-refractivity contribution in [1.82, 2.24) is 8.87 Å². The molecule has 0 saturated carbocycles. The molecule has 2 N–H and O–H groups in total. The van der Waals surface area contributed by atoms with Gasteiger partial charge in [-0.1, -0.05) is 23.8 Å². The molecular weight excluding hydrogens is 398 g/mol. The third kappa shape index (κ3) is 4.28. The SMILES string of the molecule is Cc1ccc(C(=O)OCn2ccc3c(SN4CCC(N)C4)cccc3c2=O)c(C)c1. The Morgan fingerprint density at radius 1 is 1.20 bits per heavy atom. The summed E-state index contributed by atoms with van der Waals surface area (Å²) in [4.78, 5) is 26.4. The molecule has 0 aliphatic carbocycles. The lowest BCUT2D eigenvalue weighted by molar-refractivity contribution is 0.0366. The molecule has 1 atom stereocenters. The predicted octanol–water partition coefficient (Wildman–Crippen LogP) is 3.47. The number of carbonyl (C=O) groups is 1. The molecule has 30 heavy (non-hydrogen) atoms. The molecule has 3 aromatic rings. The van der Waals surface area contributed by atoms with Crippen LogP contribution in [0.3, 0.4) is 0 Å². The average Bonchev–Trinajstić information content (AvgIpc) is 3.12. The van der Waals surface area contributed by atoms with Crippen molar-refractivity contribution in [3.63, 3.8) is 0 Å². The minimum Gasteiger partial charge on any atom is -0.440 e. The Kier molecular flexibility index (Phi) is 5.94. The first kappa shape index (κ1) is 20.7. The summed E-state index contributed by atoms with van der Waals surface area (Å²) in [5, 5.41) is 1.50. The van der Waals surface area contributed by atoms with E-state index in [4.69, 9.17) is 10.5 Å². The zero-order chi connectivity index (χ0) is 21.3. The Labute approximate surface area is 179 Å². The van der Waals surface area contributed by atoms with Crippen LogP contribution >= 0.6 is 11.9 Å². The van der Waals surface area contributed by atoms with Crippen LogP contribution in [0.5, 0.6) is 0 Å². The Morgan fingerprint density at radius 3 is 2.77 bits per heavy atom. The van der Waals surface area contributed by atoms with Crippen LogP contribution in [-0.4, -0.2) is 34.0 Å². The van der Waals surface area contributed by atoms with Crippen LogP contribution < -0.4 is 11.3 Å². The maximum Gasteiger partial charge on any atom is 0.340 e. The number of esters is 1. The Bertz CT molecular complexity index is 1160. The van der Waals surface area contributed by atoms with Crippen molar-refractivity contribution in [2.45, 2.75) is 37.9 Å². The number of carbonyl (C=O) groups excluding carboxylic acids is 1. The predicted molar refractivity (Wildman–Crippen MR) is 120 cm³/mol. The molecule has 1 aromatic heterocycles. The molecule has 2 heterocycles. The number of aryl methyl sites for hydroxylation is 2. The van der Waals surface area contributed by atoms with Crippen molar-refractivity contribution in [1.29, 1.82) is 0 Å². The largest absolute Gasteiger partial charge is 0.440 e. The van der Waals surface area contributed by atoms with Crippen molar-refractivity contribution < 1.29 is 9.53 Å². The number of hydrogen-bond acceptors (Lipinski definition) is 6. The van der Waals surface area contributed by atoms with Gasteiger partial charge in [-0.2, -0.15) is 0 Å². The number of fused-ring (bicyclic) bond motifs is 1. The Morgan fingerprint density at radius 2 is 2.03 bits per heavy atom. The second-order valence-electron chi connectivity index (χ2n) is 7.72. The Balaban J connectivity index is 1.53. The van der Waals surface area contributed by atoms with Gasteiger partial charge in [0, 0.05) is 41.0 Å². The highest BCUT2D eigenvalue weighted by atomic mass is 32.2. The number of nitrogens with zero attached hydrogens (tertiary/aromatic N) is 2. The standard InChI is InChI=1S/C23H25N3O3S/c1-15-6-7-18(16(2)12-15)23(28)29-14-25-10-9-19-20(22(25)27)4-3-5-21(19)30-26-11-8-17(24)13-26/h3-7,9-10,12,17H,8,11,13-14,24H2,1-2H3. The molecule has 6 nitrogen and oxygen atoms in total. The number of benzene rings is 2. The number of ether oxygens (including phenoxy) is 1. The van der Waals surface area contributed by atoms with Crippen molar-refractivity contribution in [2.75, 3.05) is 13.1 Å². The molecule has 1 unspecified atom stereocenters. The monoisotopic (exact) mass is 423 g/mol. The maximum absolute atomic E-state index is 13.0. The van der Waals surface area contributed by atoms with Gasteiger partial charge in [0.15, 0.2) is 6.73 Å². The molecule has 0 amide bonds. The van der Waals surface area contributed by atoms with E-state index >= 15 is 0 Å². The van der Waals surface area contributed by atoms with Gasteiger partial charge in [-0.05, 0) is 62.0 Å². The van der Waals surface area contributed by atoms with E-state index in [0.29, 0.717) is 10.9 Å². The van der Waals surface area contributed by atoms with Crippen molar-refractivity contribution in [2.24, 2.45) is 5.73 Å². The quantitative estimate of drug-likeness (QED) is 0.500. The summed E-state index contributed by atoms with van der Waals surface area (Å²) in [7, 11) is 0. The van der Waals surface area contributed by atoms with Crippen LogP contribution in [0.4, 0.5) is 0 Å². The molecule has 2 aromatic carbocycles. The van der Waals surface area contributed by atoms with Gasteiger partial charge in [-0.25, -0.2) is 9.10 Å². The number of rotatable bonds is 5. The van der Waals surface area contributed by atoms with Gasteiger partial charge in [0.25, 0.3) is 5.56 Å². The molecule has 0 bridgehead atoms. The van der Waals surface area contributed by atoms with E-state index in [9.17, 15) is 9.59 Å². The number of pyridine rings is 1. The summed E-state index contributed by atoms with van der Waals surface area (Å²) >= 11 is 1.64. The van der Waals surface area contributed by atoms with Crippen LogP contribution in [0, 0.1) is 13.8 Å². The number of nitrogens with two attached hydrogens (primary N) is 1. The first-order chi connectivity index (χ1) is 14.4. The van der Waals surface area contributed by atoms with Crippen molar-refractivity contribution in [3.05, 3.63) is 75.7 Å². The van der Waals surface area contributed by atoms with Crippen molar-refractivity contribution in [3.8, 4) is 0 Å². The lowest BCUT2D eigenvalue weighted by atomic mass is 10.1. The lowest BCUT2D eigenvalue weighted by Gasteiger charge is -2.16. The molecule has 1 aliphatic heterocycles. The summed E-state index contributed by atoms with van der Waals surface area (Å²) in [6.07, 6.45) is 2.66. The summed E-state index contributed by atoms with van der Waals surface area (Å²) < 4.78 is 9.06. The fraction of sp³-hybridized carbons (Fsp3) is 0.304. The Hall–Kier alpha value is -2.61. The van der Waals surface area contributed by atoms with Crippen LogP contribution in [0.15, 0.2) is 58.4 Å². The highest BCUT2D eigenvalue weighted by Crippen LogP contribution is 2.31. The third-order valence-electron chi connectivity index (χ3n) is 5.33. The van der Waals surface area contributed by atoms with E-state index in [1.807, 2.05) is 44.2 Å². The van der Waals surface area contributed by atoms with E-state index in [-0.39, 0.29) is 18.3 Å². The minimum atomic E-state index is -0.436. The normalized spacial score (nSPS) is 16.8. The number of hydrogen-bond donors (Lipinski definition) is 1. The highest BCUT2D eigenvalue weighted by Gasteiger charge is 2.21. The van der Waals surface area contributed by atoms with Gasteiger partial charge in [0.05, 0.1) is 5.56 Å². The van der Waals surface area contributed by atoms with Crippen LogP contribution in [0.2, 0.25) is 0 Å². The van der Waals surface area contributed by atoms with E-state index in [1.165, 1.54) is 4.57 Å². The van der Waals surface area contributed by atoms with Gasteiger partial charge in [-0.3, -0.25) is 9.36 Å². The van der Waals surface area contributed by atoms with Gasteiger partial charge in [0.2, 0.25) is 0 Å². The van der Waals surface area contributed by atoms with Gasteiger partial charge >= 0.3 is 5.97 Å². The number of aromatic nitrogens is 1. The first-order valence-electron chi connectivity index (χ1n) is 9.97. The second kappa shape index (κ2) is 8.63. The molecule has 4 rings (SSSR count). The van der Waals surface area contributed by atoms with Gasteiger partial charge in [0.1, 0.15) is 0 Å². The van der Waals surface area contributed by atoms with E-state index in [1.54, 1.807) is 30.3 Å². The summed E-state index contributed by atoms with van der Waals surface area (Å²) in [5.74, 6) is -0.436. The molecule has 0 spiro atoms. The lowest BCUT2D eigenvalue weighted by Crippen LogP contribution is -2.23. The fourth-order valence-electron chi connectivity index (χ4n) is 3.70. The fourth-order valence-corrected chi connectivity index (χ4v) is 4.85. The van der Waals surface area contributed by atoms with E-state index in [0.717, 1.165) is 40.9 Å². The molecule has 0 radical (unpaired) electrons. The zero-order valence-corrected chi connectivity index (χ0v) is 17.9. The molecular formula is C23H25N3O3S. The topological polar surface area (TPSA) is 77.6 Å². The summed E-state index contributed by atoms with van der Waals surface area (Å²) in [6.45, 7) is 5.50. The van der Waals surface area contributed by atoms with E-state index < -0.39 is 5.97 Å². The van der Waals surface area contributed by atoms with Crippen LogP contribution in [0.25, 0.3) is 10.8 Å². The molecule has 1 aliphatic rings. The summed E-state index contributed by atoms with van der Waals surface area (Å²) in [6, 6.07) is 13.4. The summed E-state index contributed by atoms with van der Waals surface area (Å²) in [5.41, 5.74) is 8.27. The van der Waals surface area contributed by atoms with Crippen LogP contribution in [0.1, 0.15) is 27.9 Å². The maximum atomic E-state index is 13.0. The van der Waals surface area contributed by atoms with Gasteiger partial charge < -0.3 is 10.5 Å². The molecule has 1 saturated heterocycles. The smallest absolute Gasteiger partial charge is 0.340 e. The minimum absolute atomic E-state index is 0.126. The van der Waals surface area contributed by atoms with Crippen LogP contribution in [-0.2, 0) is 11.5 Å². The third-order valence-corrected chi connectivity index (χ3v) is 6.47. The zero-order valence-electron chi connectivity index (χ0n) is 17.1. The second-order valence-corrected chi connectivity index (χ2v) is 8.85. The van der Waals surface area contributed by atoms with Gasteiger partial charge in [-0.15, -0.1) is 0 Å². The van der Waals surface area contributed by atoms with E-state index in [2.05, 4.69) is 4.31 Å². The average molecular weight is 424 g/mol. The molecule has 1 fully saturated rings.